The summed E-state index contributed by atoms with van der Waals surface area (Å²) in [5.41, 5.74) is 3.98. The van der Waals surface area contributed by atoms with Crippen molar-refractivity contribution >= 4 is 11.7 Å². The van der Waals surface area contributed by atoms with E-state index in [1.807, 2.05) is 36.9 Å². The largest absolute Gasteiger partial charge is 0.309 e. The monoisotopic (exact) mass is 310 g/mol. The molecule has 23 heavy (non-hydrogen) atoms. The van der Waals surface area contributed by atoms with Crippen LogP contribution in [0.1, 0.15) is 17.7 Å². The summed E-state index contributed by atoms with van der Waals surface area (Å²) in [5.74, 6) is 0.450. The second-order valence-electron chi connectivity index (χ2n) is 5.33. The average molecular weight is 310 g/mol. The van der Waals surface area contributed by atoms with E-state index in [2.05, 4.69) is 25.6 Å². The van der Waals surface area contributed by atoms with E-state index in [1.54, 1.807) is 18.6 Å². The molecule has 3 rings (SSSR count). The smallest absolute Gasteiger partial charge is 0.225 e. The fourth-order valence-corrected chi connectivity index (χ4v) is 2.31. The number of anilines is 1. The molecule has 0 saturated heterocycles. The van der Waals surface area contributed by atoms with Gasteiger partial charge >= 0.3 is 0 Å². The molecule has 0 fully saturated rings. The van der Waals surface area contributed by atoms with Gasteiger partial charge in [-0.1, -0.05) is 0 Å². The molecule has 0 aliphatic heterocycles. The molecule has 0 unspecified atom stereocenters. The molecule has 118 valence electrons. The maximum atomic E-state index is 12.0. The molecule has 0 aliphatic carbocycles. The first-order chi connectivity index (χ1) is 11.1. The van der Waals surface area contributed by atoms with Gasteiger partial charge in [0.15, 0.2) is 5.82 Å². The van der Waals surface area contributed by atoms with E-state index >= 15 is 0 Å². The van der Waals surface area contributed by atoms with Gasteiger partial charge in [0.2, 0.25) is 5.91 Å². The Morgan fingerprint density at radius 1 is 1.35 bits per heavy atom. The van der Waals surface area contributed by atoms with Crippen molar-refractivity contribution < 1.29 is 4.79 Å². The van der Waals surface area contributed by atoms with E-state index in [1.165, 1.54) is 0 Å². The highest BCUT2D eigenvalue weighted by Gasteiger charge is 2.10. The molecule has 0 aliphatic rings. The number of pyridine rings is 1. The van der Waals surface area contributed by atoms with Crippen LogP contribution in [0.25, 0.3) is 11.3 Å². The maximum Gasteiger partial charge on any atom is 0.225 e. The maximum absolute atomic E-state index is 12.0. The van der Waals surface area contributed by atoms with Crippen molar-refractivity contribution in [2.24, 2.45) is 7.05 Å². The molecule has 0 bridgehead atoms. The fraction of sp³-hybridized carbons (Fsp3) is 0.250. The van der Waals surface area contributed by atoms with Crippen molar-refractivity contribution in [1.82, 2.24) is 25.0 Å². The van der Waals surface area contributed by atoms with E-state index < -0.39 is 0 Å². The van der Waals surface area contributed by atoms with Crippen molar-refractivity contribution in [3.8, 4) is 11.3 Å². The highest BCUT2D eigenvalue weighted by molar-refractivity contribution is 5.90. The summed E-state index contributed by atoms with van der Waals surface area (Å²) >= 11 is 0. The summed E-state index contributed by atoms with van der Waals surface area (Å²) in [6.07, 6.45) is 6.28. The van der Waals surface area contributed by atoms with Gasteiger partial charge in [-0.3, -0.25) is 19.6 Å². The number of amides is 1. The third-order valence-electron chi connectivity index (χ3n) is 3.79. The highest BCUT2D eigenvalue weighted by Crippen LogP contribution is 2.18. The second kappa shape index (κ2) is 6.43. The molecule has 0 aromatic carbocycles. The van der Waals surface area contributed by atoms with Crippen LogP contribution in [0.5, 0.6) is 0 Å². The summed E-state index contributed by atoms with van der Waals surface area (Å²) in [5, 5.41) is 14.0. The summed E-state index contributed by atoms with van der Waals surface area (Å²) in [7, 11) is 1.89. The van der Waals surface area contributed by atoms with Crippen LogP contribution in [0, 0.1) is 6.92 Å². The molecule has 0 atom stereocenters. The Bertz CT molecular complexity index is 805. The number of carbonyl (C=O) groups is 1. The topological polar surface area (TPSA) is 88.5 Å². The SMILES string of the molecule is Cc1c(CCC(=O)Nc2cc(-c3ccncc3)[nH]n2)cnn1C. The lowest BCUT2D eigenvalue weighted by atomic mass is 10.1. The van der Waals surface area contributed by atoms with Crippen LogP contribution in [-0.4, -0.2) is 30.9 Å². The van der Waals surface area contributed by atoms with Crippen molar-refractivity contribution in [2.75, 3.05) is 5.32 Å². The van der Waals surface area contributed by atoms with Gasteiger partial charge in [0.1, 0.15) is 0 Å². The van der Waals surface area contributed by atoms with Crippen LogP contribution in [0.3, 0.4) is 0 Å². The number of rotatable bonds is 5. The van der Waals surface area contributed by atoms with Gasteiger partial charge in [-0.25, -0.2) is 0 Å². The van der Waals surface area contributed by atoms with Gasteiger partial charge in [-0.2, -0.15) is 10.2 Å². The van der Waals surface area contributed by atoms with E-state index in [-0.39, 0.29) is 5.91 Å². The van der Waals surface area contributed by atoms with E-state index in [0.717, 1.165) is 22.5 Å². The standard InChI is InChI=1S/C16H18N6O/c1-11-13(10-18-22(11)2)3-4-16(23)19-15-9-14(20-21-15)12-5-7-17-8-6-12/h5-10H,3-4H2,1-2H3,(H2,19,20,21,23). The number of aryl methyl sites for hydroxylation is 2. The molecule has 7 nitrogen and oxygen atoms in total. The Morgan fingerprint density at radius 3 is 2.83 bits per heavy atom. The zero-order valence-corrected chi connectivity index (χ0v) is 13.1. The summed E-state index contributed by atoms with van der Waals surface area (Å²) in [6, 6.07) is 5.57. The van der Waals surface area contributed by atoms with Gasteiger partial charge in [-0.05, 0) is 31.0 Å². The Labute approximate surface area is 133 Å². The molecule has 0 saturated carbocycles. The van der Waals surface area contributed by atoms with Crippen molar-refractivity contribution in [3.05, 3.63) is 48.0 Å². The second-order valence-corrected chi connectivity index (χ2v) is 5.33. The molecule has 3 aromatic rings. The van der Waals surface area contributed by atoms with E-state index in [0.29, 0.717) is 18.7 Å². The Balaban J connectivity index is 1.58. The van der Waals surface area contributed by atoms with Gasteiger partial charge < -0.3 is 5.32 Å². The van der Waals surface area contributed by atoms with Crippen LogP contribution in [0.2, 0.25) is 0 Å². The van der Waals surface area contributed by atoms with Crippen LogP contribution in [0.15, 0.2) is 36.8 Å². The molecular formula is C16H18N6O. The number of nitrogens with one attached hydrogen (secondary N) is 2. The van der Waals surface area contributed by atoms with Crippen LogP contribution in [-0.2, 0) is 18.3 Å². The van der Waals surface area contributed by atoms with Gasteiger partial charge in [0.25, 0.3) is 0 Å². The lowest BCUT2D eigenvalue weighted by Gasteiger charge is -2.02. The van der Waals surface area contributed by atoms with E-state index in [4.69, 9.17) is 0 Å². The molecule has 2 N–H and O–H groups in total. The van der Waals surface area contributed by atoms with Crippen molar-refractivity contribution in [3.63, 3.8) is 0 Å². The first-order valence-corrected chi connectivity index (χ1v) is 7.36. The minimum Gasteiger partial charge on any atom is -0.309 e. The third kappa shape index (κ3) is 3.45. The number of hydrogen-bond acceptors (Lipinski definition) is 4. The fourth-order valence-electron chi connectivity index (χ4n) is 2.31. The third-order valence-corrected chi connectivity index (χ3v) is 3.79. The molecule has 7 heteroatoms. The molecule has 0 spiro atoms. The zero-order chi connectivity index (χ0) is 16.2. The lowest BCUT2D eigenvalue weighted by Crippen LogP contribution is -2.12. The summed E-state index contributed by atoms with van der Waals surface area (Å²) in [6.45, 7) is 1.99. The van der Waals surface area contributed by atoms with E-state index in [9.17, 15) is 4.79 Å². The normalized spacial score (nSPS) is 10.7. The van der Waals surface area contributed by atoms with Gasteiger partial charge in [0.05, 0.1) is 11.9 Å². The van der Waals surface area contributed by atoms with Gasteiger partial charge in [0, 0.05) is 43.2 Å². The van der Waals surface area contributed by atoms with Crippen LogP contribution >= 0.6 is 0 Å². The zero-order valence-electron chi connectivity index (χ0n) is 13.1. The van der Waals surface area contributed by atoms with Crippen LogP contribution < -0.4 is 5.32 Å². The number of hydrogen-bond donors (Lipinski definition) is 2. The number of H-pyrrole nitrogens is 1. The predicted octanol–water partition coefficient (Wildman–Crippen LogP) is 2.08. The Hall–Kier alpha value is -2.96. The highest BCUT2D eigenvalue weighted by atomic mass is 16.1. The Kier molecular flexibility index (Phi) is 4.18. The molecule has 0 radical (unpaired) electrons. The number of aromatic amines is 1. The van der Waals surface area contributed by atoms with Gasteiger partial charge in [-0.15, -0.1) is 0 Å². The summed E-state index contributed by atoms with van der Waals surface area (Å²) < 4.78 is 1.81. The predicted molar refractivity (Wildman–Crippen MR) is 86.7 cm³/mol. The first-order valence-electron chi connectivity index (χ1n) is 7.36. The number of carbonyl (C=O) groups excluding carboxylic acids is 1. The van der Waals surface area contributed by atoms with Crippen LogP contribution in [0.4, 0.5) is 5.82 Å². The average Bonchev–Trinajstić information content (AvgIpc) is 3.15. The number of nitrogens with zero attached hydrogens (tertiary/aromatic N) is 4. The summed E-state index contributed by atoms with van der Waals surface area (Å²) in [4.78, 5) is 16.0. The molecular weight excluding hydrogens is 292 g/mol. The first kappa shape index (κ1) is 15.0. The Morgan fingerprint density at radius 2 is 2.13 bits per heavy atom. The molecule has 1 amide bonds. The molecule has 3 aromatic heterocycles. The lowest BCUT2D eigenvalue weighted by molar-refractivity contribution is -0.116. The minimum absolute atomic E-state index is 0.0685. The minimum atomic E-state index is -0.0685. The van der Waals surface area contributed by atoms with Crippen molar-refractivity contribution in [2.45, 2.75) is 19.8 Å². The number of aromatic nitrogens is 5. The quantitative estimate of drug-likeness (QED) is 0.755. The molecule has 3 heterocycles. The van der Waals surface area contributed by atoms with Crippen molar-refractivity contribution in [1.29, 1.82) is 0 Å².